The maximum Gasteiger partial charge on any atom is 0.328 e. The van der Waals surface area contributed by atoms with Gasteiger partial charge in [-0.1, -0.05) is 12.1 Å². The van der Waals surface area contributed by atoms with Crippen LogP contribution in [0.5, 0.6) is 0 Å². The van der Waals surface area contributed by atoms with Gasteiger partial charge in [-0.05, 0) is 36.6 Å². The van der Waals surface area contributed by atoms with Gasteiger partial charge in [-0.2, -0.15) is 0 Å². The Morgan fingerprint density at radius 1 is 1.24 bits per heavy atom. The first-order valence-corrected chi connectivity index (χ1v) is 5.47. The van der Waals surface area contributed by atoms with Crippen molar-refractivity contribution >= 4 is 18.0 Å². The molecule has 0 saturated heterocycles. The summed E-state index contributed by atoms with van der Waals surface area (Å²) in [6.07, 6.45) is 4.68. The van der Waals surface area contributed by atoms with Crippen LogP contribution in [0.1, 0.15) is 28.8 Å². The molecule has 1 aromatic rings. The topological polar surface area (TPSA) is 66.4 Å². The summed E-state index contributed by atoms with van der Waals surface area (Å²) in [5.41, 5.74) is 1.36. The van der Waals surface area contributed by atoms with Gasteiger partial charge in [-0.15, -0.1) is 0 Å². The number of rotatable bonds is 4. The van der Waals surface area contributed by atoms with Crippen molar-refractivity contribution < 1.29 is 14.7 Å². The van der Waals surface area contributed by atoms with Crippen molar-refractivity contribution in [2.24, 2.45) is 0 Å². The van der Waals surface area contributed by atoms with Gasteiger partial charge in [0.05, 0.1) is 0 Å². The van der Waals surface area contributed by atoms with Crippen LogP contribution in [0, 0.1) is 0 Å². The van der Waals surface area contributed by atoms with Gasteiger partial charge in [0, 0.05) is 17.7 Å². The number of benzene rings is 1. The van der Waals surface area contributed by atoms with Crippen molar-refractivity contribution in [3.8, 4) is 0 Å². The Hall–Kier alpha value is -2.10. The van der Waals surface area contributed by atoms with Crippen LogP contribution in [-0.2, 0) is 4.79 Å². The maximum absolute atomic E-state index is 11.6. The Morgan fingerprint density at radius 2 is 1.88 bits per heavy atom. The molecule has 1 fully saturated rings. The molecule has 0 aromatic heterocycles. The highest BCUT2D eigenvalue weighted by Crippen LogP contribution is 2.19. The standard InChI is InChI=1S/C13H13NO3/c15-12(16)8-3-9-1-4-10(5-2-9)13(17)14-11-6-7-11/h1-5,8,11H,6-7H2,(H,14,17)(H,15,16). The zero-order valence-corrected chi connectivity index (χ0v) is 9.22. The van der Waals surface area contributed by atoms with Crippen LogP contribution in [0.3, 0.4) is 0 Å². The number of nitrogens with one attached hydrogen (secondary N) is 1. The summed E-state index contributed by atoms with van der Waals surface area (Å²) in [6.45, 7) is 0. The van der Waals surface area contributed by atoms with E-state index in [9.17, 15) is 9.59 Å². The minimum atomic E-state index is -0.986. The molecule has 1 aliphatic rings. The van der Waals surface area contributed by atoms with Gasteiger partial charge in [-0.3, -0.25) is 4.79 Å². The lowest BCUT2D eigenvalue weighted by Crippen LogP contribution is -2.25. The molecule has 0 aliphatic heterocycles. The molecular weight excluding hydrogens is 218 g/mol. The van der Waals surface area contributed by atoms with Crippen LogP contribution in [0.25, 0.3) is 6.08 Å². The van der Waals surface area contributed by atoms with E-state index < -0.39 is 5.97 Å². The van der Waals surface area contributed by atoms with Crippen LogP contribution in [-0.4, -0.2) is 23.0 Å². The van der Waals surface area contributed by atoms with E-state index in [1.54, 1.807) is 24.3 Å². The van der Waals surface area contributed by atoms with E-state index in [0.29, 0.717) is 11.6 Å². The lowest BCUT2D eigenvalue weighted by Gasteiger charge is -2.03. The minimum Gasteiger partial charge on any atom is -0.478 e. The minimum absolute atomic E-state index is 0.0683. The Bertz CT molecular complexity index is 458. The predicted octanol–water partition coefficient (Wildman–Crippen LogP) is 1.68. The summed E-state index contributed by atoms with van der Waals surface area (Å²) in [7, 11) is 0. The second-order valence-corrected chi connectivity index (χ2v) is 4.04. The first kappa shape index (κ1) is 11.4. The van der Waals surface area contributed by atoms with Crippen LogP contribution < -0.4 is 5.32 Å². The quantitative estimate of drug-likeness (QED) is 0.775. The lowest BCUT2D eigenvalue weighted by atomic mass is 10.1. The first-order chi connectivity index (χ1) is 8.15. The Labute approximate surface area is 99.0 Å². The van der Waals surface area contributed by atoms with Gasteiger partial charge in [0.2, 0.25) is 0 Å². The molecule has 4 nitrogen and oxygen atoms in total. The Balaban J connectivity index is 2.01. The van der Waals surface area contributed by atoms with E-state index in [-0.39, 0.29) is 5.91 Å². The largest absolute Gasteiger partial charge is 0.478 e. The first-order valence-electron chi connectivity index (χ1n) is 5.47. The molecule has 2 rings (SSSR count). The van der Waals surface area contributed by atoms with Gasteiger partial charge >= 0.3 is 5.97 Å². The summed E-state index contributed by atoms with van der Waals surface area (Å²) in [5, 5.41) is 11.4. The molecule has 17 heavy (non-hydrogen) atoms. The molecule has 0 radical (unpaired) electrons. The Kier molecular flexibility index (Phi) is 3.23. The summed E-state index contributed by atoms with van der Waals surface area (Å²) >= 11 is 0. The highest BCUT2D eigenvalue weighted by atomic mass is 16.4. The van der Waals surface area contributed by atoms with Crippen molar-refractivity contribution in [2.75, 3.05) is 0 Å². The van der Waals surface area contributed by atoms with Crippen LogP contribution >= 0.6 is 0 Å². The van der Waals surface area contributed by atoms with Crippen LogP contribution in [0.4, 0.5) is 0 Å². The molecule has 88 valence electrons. The van der Waals surface area contributed by atoms with E-state index >= 15 is 0 Å². The van der Waals surface area contributed by atoms with Crippen molar-refractivity contribution in [2.45, 2.75) is 18.9 Å². The van der Waals surface area contributed by atoms with Crippen LogP contribution in [0.15, 0.2) is 30.3 Å². The number of hydrogen-bond donors (Lipinski definition) is 2. The highest BCUT2D eigenvalue weighted by Gasteiger charge is 2.23. The third kappa shape index (κ3) is 3.45. The smallest absolute Gasteiger partial charge is 0.328 e. The molecule has 4 heteroatoms. The maximum atomic E-state index is 11.6. The summed E-state index contributed by atoms with van der Waals surface area (Å²) in [6, 6.07) is 7.18. The monoisotopic (exact) mass is 231 g/mol. The molecule has 1 aliphatic carbocycles. The van der Waals surface area contributed by atoms with E-state index in [1.165, 1.54) is 6.08 Å². The number of amides is 1. The average Bonchev–Trinajstić information content (AvgIpc) is 3.11. The molecule has 0 spiro atoms. The van der Waals surface area contributed by atoms with Gasteiger partial charge in [0.15, 0.2) is 0 Å². The summed E-state index contributed by atoms with van der Waals surface area (Å²) < 4.78 is 0. The number of aliphatic carboxylic acids is 1. The normalized spacial score (nSPS) is 14.8. The fraction of sp³-hybridized carbons (Fsp3) is 0.231. The average molecular weight is 231 g/mol. The SMILES string of the molecule is O=C(O)C=Cc1ccc(C(=O)NC2CC2)cc1. The molecule has 1 saturated carbocycles. The molecule has 2 N–H and O–H groups in total. The van der Waals surface area contributed by atoms with Crippen molar-refractivity contribution in [1.82, 2.24) is 5.32 Å². The van der Waals surface area contributed by atoms with Gasteiger partial charge < -0.3 is 10.4 Å². The molecule has 0 bridgehead atoms. The summed E-state index contributed by atoms with van der Waals surface area (Å²) in [5.74, 6) is -1.05. The number of carboxylic acid groups (broad SMARTS) is 1. The summed E-state index contributed by atoms with van der Waals surface area (Å²) in [4.78, 5) is 22.0. The fourth-order valence-electron chi connectivity index (χ4n) is 1.41. The lowest BCUT2D eigenvalue weighted by molar-refractivity contribution is -0.131. The van der Waals surface area contributed by atoms with Crippen molar-refractivity contribution in [3.05, 3.63) is 41.5 Å². The van der Waals surface area contributed by atoms with Crippen LogP contribution in [0.2, 0.25) is 0 Å². The number of carbonyl (C=O) groups is 2. The highest BCUT2D eigenvalue weighted by molar-refractivity contribution is 5.94. The van der Waals surface area contributed by atoms with Gasteiger partial charge in [0.25, 0.3) is 5.91 Å². The number of carboxylic acids is 1. The van der Waals surface area contributed by atoms with Gasteiger partial charge in [0.1, 0.15) is 0 Å². The molecule has 1 aromatic carbocycles. The van der Waals surface area contributed by atoms with E-state index in [0.717, 1.165) is 24.5 Å². The van der Waals surface area contributed by atoms with E-state index in [1.807, 2.05) is 0 Å². The molecule has 1 amide bonds. The van der Waals surface area contributed by atoms with E-state index in [4.69, 9.17) is 5.11 Å². The zero-order chi connectivity index (χ0) is 12.3. The number of hydrogen-bond acceptors (Lipinski definition) is 2. The Morgan fingerprint density at radius 3 is 2.41 bits per heavy atom. The van der Waals surface area contributed by atoms with E-state index in [2.05, 4.69) is 5.32 Å². The molecular formula is C13H13NO3. The molecule has 0 heterocycles. The molecule has 0 atom stereocenters. The third-order valence-corrected chi connectivity index (χ3v) is 2.50. The van der Waals surface area contributed by atoms with Gasteiger partial charge in [-0.25, -0.2) is 4.79 Å². The second kappa shape index (κ2) is 4.82. The fourth-order valence-corrected chi connectivity index (χ4v) is 1.41. The van der Waals surface area contributed by atoms with Crippen molar-refractivity contribution in [1.29, 1.82) is 0 Å². The predicted molar refractivity (Wildman–Crippen MR) is 63.6 cm³/mol. The second-order valence-electron chi connectivity index (χ2n) is 4.04. The third-order valence-electron chi connectivity index (χ3n) is 2.50. The zero-order valence-electron chi connectivity index (χ0n) is 9.22. The number of carbonyl (C=O) groups excluding carboxylic acids is 1. The van der Waals surface area contributed by atoms with Crippen molar-refractivity contribution in [3.63, 3.8) is 0 Å². The molecule has 0 unspecified atom stereocenters.